The van der Waals surface area contributed by atoms with Crippen molar-refractivity contribution in [2.45, 2.75) is 31.7 Å². The normalized spacial score (nSPS) is 17.9. The molecule has 150 valence electrons. The van der Waals surface area contributed by atoms with Crippen molar-refractivity contribution in [3.8, 4) is 0 Å². The van der Waals surface area contributed by atoms with Crippen molar-refractivity contribution in [2.24, 2.45) is 4.99 Å². The van der Waals surface area contributed by atoms with Crippen LogP contribution in [0.2, 0.25) is 15.1 Å². The predicted molar refractivity (Wildman–Crippen MR) is 126 cm³/mol. The quantitative estimate of drug-likeness (QED) is 0.393. The van der Waals surface area contributed by atoms with Crippen molar-refractivity contribution in [1.82, 2.24) is 5.43 Å². The lowest BCUT2D eigenvalue weighted by Gasteiger charge is -2.23. The molecule has 2 aliphatic rings. The Balaban J connectivity index is 0.00000225. The molecule has 28 heavy (non-hydrogen) atoms. The Labute approximate surface area is 191 Å². The largest absolute Gasteiger partial charge is 0.284 e. The molecule has 0 aromatic heterocycles. The van der Waals surface area contributed by atoms with Crippen molar-refractivity contribution >= 4 is 69.8 Å². The zero-order chi connectivity index (χ0) is 19.0. The Morgan fingerprint density at radius 2 is 1.96 bits per heavy atom. The zero-order valence-electron chi connectivity index (χ0n) is 15.3. The molecule has 2 aromatic carbocycles. The van der Waals surface area contributed by atoms with E-state index >= 15 is 0 Å². The fourth-order valence-corrected chi connectivity index (χ4v) is 5.11. The van der Waals surface area contributed by atoms with Crippen molar-refractivity contribution in [1.29, 1.82) is 0 Å². The van der Waals surface area contributed by atoms with Gasteiger partial charge in [-0.2, -0.15) is 0 Å². The Kier molecular flexibility index (Phi) is 7.32. The van der Waals surface area contributed by atoms with Crippen molar-refractivity contribution in [2.75, 3.05) is 17.8 Å². The lowest BCUT2D eigenvalue weighted by Crippen LogP contribution is -2.40. The van der Waals surface area contributed by atoms with Gasteiger partial charge in [0.05, 0.1) is 17.3 Å². The zero-order valence-corrected chi connectivity index (χ0v) is 19.2. The van der Waals surface area contributed by atoms with E-state index in [-0.39, 0.29) is 12.4 Å². The molecule has 0 radical (unpaired) electrons. The van der Waals surface area contributed by atoms with E-state index in [2.05, 4.69) is 10.4 Å². The highest BCUT2D eigenvalue weighted by molar-refractivity contribution is 8.13. The van der Waals surface area contributed by atoms with Crippen LogP contribution in [0.25, 0.3) is 0 Å². The number of halogens is 4. The average molecular weight is 477 g/mol. The van der Waals surface area contributed by atoms with Gasteiger partial charge in [-0.1, -0.05) is 58.7 Å². The monoisotopic (exact) mass is 475 g/mol. The lowest BCUT2D eigenvalue weighted by molar-refractivity contribution is 0.568. The van der Waals surface area contributed by atoms with Crippen LogP contribution in [0.1, 0.15) is 35.4 Å². The van der Waals surface area contributed by atoms with Gasteiger partial charge in [0.25, 0.3) is 0 Å². The number of nitrogens with one attached hydrogen (secondary N) is 1. The van der Waals surface area contributed by atoms with Crippen molar-refractivity contribution in [3.63, 3.8) is 0 Å². The molecular formula is C20H21Cl4N3S. The first-order valence-electron chi connectivity index (χ1n) is 8.94. The number of hydrogen-bond acceptors (Lipinski definition) is 3. The maximum Gasteiger partial charge on any atom is 0.175 e. The van der Waals surface area contributed by atoms with E-state index in [1.807, 2.05) is 36.6 Å². The summed E-state index contributed by atoms with van der Waals surface area (Å²) in [5, 5.41) is 5.24. The summed E-state index contributed by atoms with van der Waals surface area (Å²) >= 11 is 20.6. The second-order valence-corrected chi connectivity index (χ2v) is 8.89. The highest BCUT2D eigenvalue weighted by Crippen LogP contribution is 2.49. The van der Waals surface area contributed by atoms with Gasteiger partial charge in [-0.25, -0.2) is 0 Å². The minimum Gasteiger partial charge on any atom is -0.284 e. The molecule has 1 aliphatic heterocycles. The van der Waals surface area contributed by atoms with Gasteiger partial charge < -0.3 is 0 Å². The summed E-state index contributed by atoms with van der Waals surface area (Å²) in [6, 6.07) is 9.65. The molecule has 0 fully saturated rings. The molecular weight excluding hydrogens is 456 g/mol. The second-order valence-electron chi connectivity index (χ2n) is 6.84. The summed E-state index contributed by atoms with van der Waals surface area (Å²) in [6.07, 6.45) is 5.40. The topological polar surface area (TPSA) is 27.6 Å². The van der Waals surface area contributed by atoms with Gasteiger partial charge in [0, 0.05) is 22.5 Å². The molecule has 4 rings (SSSR count). The minimum atomic E-state index is 0. The summed E-state index contributed by atoms with van der Waals surface area (Å²) < 4.78 is 0. The van der Waals surface area contributed by atoms with Crippen molar-refractivity contribution < 1.29 is 0 Å². The highest BCUT2D eigenvalue weighted by atomic mass is 35.5. The maximum atomic E-state index is 6.58. The highest BCUT2D eigenvalue weighted by Gasteiger charge is 2.36. The molecule has 0 bridgehead atoms. The number of nitrogens with zero attached hydrogens (tertiary/aromatic N) is 2. The molecule has 0 spiro atoms. The van der Waals surface area contributed by atoms with E-state index in [1.54, 1.807) is 11.8 Å². The van der Waals surface area contributed by atoms with Crippen LogP contribution >= 0.6 is 59.0 Å². The predicted octanol–water partition coefficient (Wildman–Crippen LogP) is 6.73. The first kappa shape index (κ1) is 21.9. The van der Waals surface area contributed by atoms with Crippen LogP contribution in [0, 0.1) is 0 Å². The van der Waals surface area contributed by atoms with Crippen LogP contribution in [0.3, 0.4) is 0 Å². The van der Waals surface area contributed by atoms with Gasteiger partial charge in [0.1, 0.15) is 0 Å². The minimum absolute atomic E-state index is 0. The molecule has 1 aliphatic carbocycles. The van der Waals surface area contributed by atoms with Gasteiger partial charge in [0.2, 0.25) is 0 Å². The molecule has 1 heterocycles. The Bertz CT molecular complexity index is 886. The SMILES string of the molecule is CSC(=NCc1ccc(Cl)cc1)NN1CC2CCCc3c(Cl)cc(Cl)c1c32.Cl. The van der Waals surface area contributed by atoms with Crippen LogP contribution in [0.5, 0.6) is 0 Å². The average Bonchev–Trinajstić information content (AvgIpc) is 3.03. The number of amidine groups is 1. The number of aliphatic imine (C=N–C) groups is 1. The Hall–Kier alpha value is -0.780. The summed E-state index contributed by atoms with van der Waals surface area (Å²) in [7, 11) is 0. The van der Waals surface area contributed by atoms with Crippen LogP contribution in [-0.2, 0) is 13.0 Å². The third-order valence-corrected chi connectivity index (χ3v) is 6.64. The standard InChI is InChI=1S/C20H20Cl3N3S.ClH/c1-27-20(24-10-12-5-7-14(21)8-6-12)25-26-11-13-3-2-4-15-16(22)9-17(23)19(26)18(13)15;/h5-9,13H,2-4,10-11H2,1H3,(H,24,25);1H. The fourth-order valence-electron chi connectivity index (χ4n) is 3.91. The van der Waals surface area contributed by atoms with Gasteiger partial charge in [-0.3, -0.25) is 15.4 Å². The van der Waals surface area contributed by atoms with Gasteiger partial charge in [-0.05, 0) is 60.4 Å². The van der Waals surface area contributed by atoms with E-state index in [1.165, 1.54) is 24.0 Å². The number of benzene rings is 2. The molecule has 2 aromatic rings. The molecule has 0 saturated heterocycles. The first-order valence-corrected chi connectivity index (χ1v) is 11.3. The lowest BCUT2D eigenvalue weighted by atomic mass is 9.84. The van der Waals surface area contributed by atoms with Crippen LogP contribution in [-0.4, -0.2) is 18.0 Å². The molecule has 3 nitrogen and oxygen atoms in total. The van der Waals surface area contributed by atoms with Crippen LogP contribution in [0.15, 0.2) is 35.3 Å². The van der Waals surface area contributed by atoms with E-state index in [0.717, 1.165) is 39.4 Å². The van der Waals surface area contributed by atoms with Crippen LogP contribution in [0.4, 0.5) is 5.69 Å². The first-order chi connectivity index (χ1) is 13.1. The number of anilines is 1. The van der Waals surface area contributed by atoms with E-state index in [0.29, 0.717) is 17.5 Å². The van der Waals surface area contributed by atoms with Gasteiger partial charge in [0.15, 0.2) is 5.17 Å². The Morgan fingerprint density at radius 1 is 1.21 bits per heavy atom. The van der Waals surface area contributed by atoms with E-state index < -0.39 is 0 Å². The maximum absolute atomic E-state index is 6.58. The fraction of sp³-hybridized carbons (Fsp3) is 0.350. The third kappa shape index (κ3) is 4.36. The number of hydrogen-bond donors (Lipinski definition) is 1. The third-order valence-electron chi connectivity index (χ3n) is 5.15. The van der Waals surface area contributed by atoms with E-state index in [4.69, 9.17) is 39.8 Å². The summed E-state index contributed by atoms with van der Waals surface area (Å²) in [4.78, 5) is 4.73. The van der Waals surface area contributed by atoms with Crippen LogP contribution < -0.4 is 10.4 Å². The molecule has 0 saturated carbocycles. The van der Waals surface area contributed by atoms with Gasteiger partial charge >= 0.3 is 0 Å². The summed E-state index contributed by atoms with van der Waals surface area (Å²) in [5.41, 5.74) is 8.25. The molecule has 8 heteroatoms. The number of hydrazine groups is 1. The molecule has 1 atom stereocenters. The second kappa shape index (κ2) is 9.36. The summed E-state index contributed by atoms with van der Waals surface area (Å²) in [5.74, 6) is 0.479. The molecule has 0 amide bonds. The molecule has 1 unspecified atom stereocenters. The van der Waals surface area contributed by atoms with E-state index in [9.17, 15) is 0 Å². The molecule has 1 N–H and O–H groups in total. The smallest absolute Gasteiger partial charge is 0.175 e. The van der Waals surface area contributed by atoms with Gasteiger partial charge in [-0.15, -0.1) is 12.4 Å². The summed E-state index contributed by atoms with van der Waals surface area (Å²) in [6.45, 7) is 1.49. The Morgan fingerprint density at radius 3 is 2.68 bits per heavy atom. The number of rotatable bonds is 3. The van der Waals surface area contributed by atoms with Crippen molar-refractivity contribution in [3.05, 3.63) is 62.1 Å². The number of thioether (sulfide) groups is 1.